The van der Waals surface area contributed by atoms with Gasteiger partial charge >= 0.3 is 0 Å². The van der Waals surface area contributed by atoms with Crippen molar-refractivity contribution in [2.24, 2.45) is 0 Å². The fourth-order valence-electron chi connectivity index (χ4n) is 1.42. The molecule has 0 aromatic heterocycles. The maximum absolute atomic E-state index is 11.5. The molecule has 1 aliphatic rings. The van der Waals surface area contributed by atoms with Gasteiger partial charge in [0.1, 0.15) is 0 Å². The third-order valence-corrected chi connectivity index (χ3v) is 3.39. The molecule has 0 aliphatic carbocycles. The van der Waals surface area contributed by atoms with E-state index in [1.165, 1.54) is 12.2 Å². The second kappa shape index (κ2) is 6.09. The van der Waals surface area contributed by atoms with Crippen LogP contribution in [0, 0.1) is 0 Å². The fraction of sp³-hybridized carbons (Fsp3) is 0.700. The van der Waals surface area contributed by atoms with Gasteiger partial charge in [0, 0.05) is 18.3 Å². The Labute approximate surface area is 89.7 Å². The minimum absolute atomic E-state index is 0.0572. The van der Waals surface area contributed by atoms with Crippen molar-refractivity contribution in [3.63, 3.8) is 0 Å². The third-order valence-electron chi connectivity index (χ3n) is 2.23. The zero-order chi connectivity index (χ0) is 10.4. The molecule has 1 aliphatic heterocycles. The summed E-state index contributed by atoms with van der Waals surface area (Å²) in [6, 6.07) is 0.406. The van der Waals surface area contributed by atoms with E-state index in [-0.39, 0.29) is 11.9 Å². The Morgan fingerprint density at radius 1 is 1.79 bits per heavy atom. The van der Waals surface area contributed by atoms with E-state index >= 15 is 0 Å². The van der Waals surface area contributed by atoms with Crippen LogP contribution in [0.3, 0.4) is 0 Å². The van der Waals surface area contributed by atoms with Gasteiger partial charge in [-0.15, -0.1) is 6.58 Å². The predicted octanol–water partition coefficient (Wildman–Crippen LogP) is 0.772. The topological polar surface area (TPSA) is 41.1 Å². The van der Waals surface area contributed by atoms with Crippen molar-refractivity contribution in [1.29, 1.82) is 0 Å². The molecule has 3 nitrogen and oxygen atoms in total. The van der Waals surface area contributed by atoms with Crippen molar-refractivity contribution in [3.05, 3.63) is 12.7 Å². The van der Waals surface area contributed by atoms with Crippen LogP contribution < -0.4 is 10.6 Å². The van der Waals surface area contributed by atoms with Crippen molar-refractivity contribution in [1.82, 2.24) is 10.6 Å². The summed E-state index contributed by atoms with van der Waals surface area (Å²) in [5.41, 5.74) is 0. The third kappa shape index (κ3) is 3.72. The first-order valence-corrected chi connectivity index (χ1v) is 6.12. The normalized spacial score (nSPS) is 23.1. The highest BCUT2D eigenvalue weighted by molar-refractivity contribution is 7.99. The van der Waals surface area contributed by atoms with E-state index in [2.05, 4.69) is 17.2 Å². The lowest BCUT2D eigenvalue weighted by Gasteiger charge is -2.17. The van der Waals surface area contributed by atoms with E-state index in [0.717, 1.165) is 5.75 Å². The molecule has 0 aromatic rings. The van der Waals surface area contributed by atoms with Crippen molar-refractivity contribution in [2.75, 3.05) is 18.1 Å². The molecule has 0 saturated carbocycles. The average molecular weight is 214 g/mol. The number of carbonyl (C=O) groups excluding carboxylic acids is 1. The molecule has 0 aromatic carbocycles. The standard InChI is InChI=1S/C10H18N2OS/c1-3-5-11-10(13)8(2)12-9-4-6-14-7-9/h3,8-9,12H,1,4-7H2,2H3,(H,11,13). The van der Waals surface area contributed by atoms with Gasteiger partial charge in [0.05, 0.1) is 6.04 Å². The molecule has 80 valence electrons. The molecule has 1 saturated heterocycles. The lowest BCUT2D eigenvalue weighted by molar-refractivity contribution is -0.122. The van der Waals surface area contributed by atoms with Gasteiger partial charge in [-0.1, -0.05) is 6.08 Å². The number of hydrogen-bond acceptors (Lipinski definition) is 3. The highest BCUT2D eigenvalue weighted by atomic mass is 32.2. The Morgan fingerprint density at radius 2 is 2.57 bits per heavy atom. The van der Waals surface area contributed by atoms with Gasteiger partial charge in [-0.2, -0.15) is 11.8 Å². The number of thioether (sulfide) groups is 1. The van der Waals surface area contributed by atoms with Crippen LogP contribution in [0.15, 0.2) is 12.7 Å². The molecule has 2 unspecified atom stereocenters. The van der Waals surface area contributed by atoms with Gasteiger partial charge in [-0.3, -0.25) is 4.79 Å². The molecule has 2 atom stereocenters. The van der Waals surface area contributed by atoms with Crippen molar-refractivity contribution in [2.45, 2.75) is 25.4 Å². The average Bonchev–Trinajstić information content (AvgIpc) is 2.66. The Bertz CT molecular complexity index is 202. The van der Waals surface area contributed by atoms with Crippen LogP contribution in [-0.4, -0.2) is 36.0 Å². The molecule has 0 bridgehead atoms. The van der Waals surface area contributed by atoms with Crippen LogP contribution in [0.1, 0.15) is 13.3 Å². The van der Waals surface area contributed by atoms with Gasteiger partial charge in [-0.25, -0.2) is 0 Å². The maximum atomic E-state index is 11.5. The first kappa shape index (κ1) is 11.6. The summed E-state index contributed by atoms with van der Waals surface area (Å²) in [5, 5.41) is 6.10. The summed E-state index contributed by atoms with van der Waals surface area (Å²) in [6.45, 7) is 6.01. The van der Waals surface area contributed by atoms with Crippen LogP contribution >= 0.6 is 11.8 Å². The molecule has 1 amide bonds. The van der Waals surface area contributed by atoms with Crippen LogP contribution in [-0.2, 0) is 4.79 Å². The molecular weight excluding hydrogens is 196 g/mol. The number of rotatable bonds is 5. The molecule has 1 fully saturated rings. The van der Waals surface area contributed by atoms with Crippen LogP contribution in [0.5, 0.6) is 0 Å². The first-order chi connectivity index (χ1) is 6.74. The predicted molar refractivity (Wildman–Crippen MR) is 61.5 cm³/mol. The highest BCUT2D eigenvalue weighted by Gasteiger charge is 2.20. The summed E-state index contributed by atoms with van der Waals surface area (Å²) in [4.78, 5) is 11.5. The van der Waals surface area contributed by atoms with E-state index in [9.17, 15) is 4.79 Å². The van der Waals surface area contributed by atoms with E-state index in [1.54, 1.807) is 6.08 Å². The Hall–Kier alpha value is -0.480. The summed E-state index contributed by atoms with van der Waals surface area (Å²) in [6.07, 6.45) is 2.86. The maximum Gasteiger partial charge on any atom is 0.237 e. The second-order valence-electron chi connectivity index (χ2n) is 3.48. The molecule has 1 heterocycles. The van der Waals surface area contributed by atoms with E-state index in [0.29, 0.717) is 12.6 Å². The Balaban J connectivity index is 2.21. The molecule has 14 heavy (non-hydrogen) atoms. The van der Waals surface area contributed by atoms with Gasteiger partial charge in [0.15, 0.2) is 0 Å². The lowest BCUT2D eigenvalue weighted by atomic mass is 10.2. The number of carbonyl (C=O) groups is 1. The SMILES string of the molecule is C=CCNC(=O)C(C)NC1CCSC1. The summed E-state index contributed by atoms with van der Waals surface area (Å²) >= 11 is 1.94. The smallest absolute Gasteiger partial charge is 0.237 e. The first-order valence-electron chi connectivity index (χ1n) is 4.96. The van der Waals surface area contributed by atoms with Gasteiger partial charge in [0.2, 0.25) is 5.91 Å². The van der Waals surface area contributed by atoms with Gasteiger partial charge in [0.25, 0.3) is 0 Å². The minimum Gasteiger partial charge on any atom is -0.351 e. The molecule has 1 rings (SSSR count). The molecule has 4 heteroatoms. The summed E-state index contributed by atoms with van der Waals surface area (Å²) < 4.78 is 0. The quantitative estimate of drug-likeness (QED) is 0.664. The van der Waals surface area contributed by atoms with Crippen LogP contribution in [0.4, 0.5) is 0 Å². The number of amides is 1. The summed E-state index contributed by atoms with van der Waals surface area (Å²) in [7, 11) is 0. The summed E-state index contributed by atoms with van der Waals surface area (Å²) in [5.74, 6) is 2.39. The van der Waals surface area contributed by atoms with Crippen molar-refractivity contribution >= 4 is 17.7 Å². The molecular formula is C10H18N2OS. The lowest BCUT2D eigenvalue weighted by Crippen LogP contribution is -2.46. The molecule has 2 N–H and O–H groups in total. The van der Waals surface area contributed by atoms with E-state index in [1.807, 2.05) is 18.7 Å². The minimum atomic E-state index is -0.0985. The Morgan fingerprint density at radius 3 is 3.14 bits per heavy atom. The largest absolute Gasteiger partial charge is 0.351 e. The van der Waals surface area contributed by atoms with Crippen LogP contribution in [0.25, 0.3) is 0 Å². The van der Waals surface area contributed by atoms with E-state index in [4.69, 9.17) is 0 Å². The van der Waals surface area contributed by atoms with Crippen LogP contribution in [0.2, 0.25) is 0 Å². The molecule has 0 radical (unpaired) electrons. The van der Waals surface area contributed by atoms with Crippen molar-refractivity contribution < 1.29 is 4.79 Å². The molecule has 0 spiro atoms. The monoisotopic (exact) mass is 214 g/mol. The number of hydrogen-bond donors (Lipinski definition) is 2. The zero-order valence-electron chi connectivity index (χ0n) is 8.58. The Kier molecular flexibility index (Phi) is 5.04. The zero-order valence-corrected chi connectivity index (χ0v) is 9.40. The van der Waals surface area contributed by atoms with Gasteiger partial charge < -0.3 is 10.6 Å². The second-order valence-corrected chi connectivity index (χ2v) is 4.63. The number of nitrogens with one attached hydrogen (secondary N) is 2. The van der Waals surface area contributed by atoms with Crippen molar-refractivity contribution in [3.8, 4) is 0 Å². The highest BCUT2D eigenvalue weighted by Crippen LogP contribution is 2.17. The van der Waals surface area contributed by atoms with E-state index < -0.39 is 0 Å². The fourth-order valence-corrected chi connectivity index (χ4v) is 2.59. The van der Waals surface area contributed by atoms with Gasteiger partial charge in [-0.05, 0) is 19.1 Å².